The third kappa shape index (κ3) is 3.59. The lowest BCUT2D eigenvalue weighted by atomic mass is 9.98. The quantitative estimate of drug-likeness (QED) is 0.760. The van der Waals surface area contributed by atoms with E-state index in [2.05, 4.69) is 24.5 Å². The second-order valence-corrected chi connectivity index (χ2v) is 7.92. The van der Waals surface area contributed by atoms with Crippen LogP contribution in [0, 0.1) is 12.8 Å². The van der Waals surface area contributed by atoms with Gasteiger partial charge >= 0.3 is 5.97 Å². The Balaban J connectivity index is 1.84. The molecule has 0 saturated carbocycles. The Morgan fingerprint density at radius 3 is 2.84 bits per heavy atom. The first-order chi connectivity index (χ1) is 12.0. The zero-order valence-electron chi connectivity index (χ0n) is 15.2. The van der Waals surface area contributed by atoms with Crippen molar-refractivity contribution in [2.45, 2.75) is 46.6 Å². The van der Waals surface area contributed by atoms with Gasteiger partial charge < -0.3 is 14.2 Å². The molecule has 1 unspecified atom stereocenters. The minimum absolute atomic E-state index is 0.0310. The number of ether oxygens (including phenoxy) is 1. The first kappa shape index (κ1) is 18.0. The summed E-state index contributed by atoms with van der Waals surface area (Å²) in [5.41, 5.74) is 1.89. The van der Waals surface area contributed by atoms with Crippen LogP contribution in [0.3, 0.4) is 0 Å². The van der Waals surface area contributed by atoms with E-state index in [4.69, 9.17) is 4.74 Å². The van der Waals surface area contributed by atoms with Crippen LogP contribution in [0.25, 0.3) is 10.2 Å². The first-order valence-corrected chi connectivity index (χ1v) is 9.92. The SMILES string of the molecule is CCCn1c(C(=O)N2CCCC(C(=O)OCC)C2)cc2sc(C)cc21. The molecule has 25 heavy (non-hydrogen) atoms. The molecule has 3 heterocycles. The van der Waals surface area contributed by atoms with Crippen molar-refractivity contribution in [3.63, 3.8) is 0 Å². The van der Waals surface area contributed by atoms with Gasteiger partial charge in [-0.1, -0.05) is 6.92 Å². The van der Waals surface area contributed by atoms with Gasteiger partial charge in [0.2, 0.25) is 0 Å². The molecule has 0 bridgehead atoms. The van der Waals surface area contributed by atoms with Gasteiger partial charge in [-0.05, 0) is 45.2 Å². The van der Waals surface area contributed by atoms with Gasteiger partial charge in [-0.2, -0.15) is 0 Å². The minimum Gasteiger partial charge on any atom is -0.466 e. The van der Waals surface area contributed by atoms with E-state index >= 15 is 0 Å². The van der Waals surface area contributed by atoms with Gasteiger partial charge in [-0.25, -0.2) is 0 Å². The van der Waals surface area contributed by atoms with Crippen molar-refractivity contribution in [2.75, 3.05) is 19.7 Å². The van der Waals surface area contributed by atoms with Gasteiger partial charge in [-0.15, -0.1) is 11.3 Å². The third-order valence-electron chi connectivity index (χ3n) is 4.71. The largest absolute Gasteiger partial charge is 0.466 e. The number of fused-ring (bicyclic) bond motifs is 1. The van der Waals surface area contributed by atoms with Crippen LogP contribution >= 0.6 is 11.3 Å². The number of aromatic nitrogens is 1. The summed E-state index contributed by atoms with van der Waals surface area (Å²) >= 11 is 1.72. The predicted molar refractivity (Wildman–Crippen MR) is 100 cm³/mol. The Bertz CT molecular complexity index is 777. The average molecular weight is 362 g/mol. The molecule has 6 heteroatoms. The van der Waals surface area contributed by atoms with Crippen LogP contribution in [-0.2, 0) is 16.1 Å². The summed E-state index contributed by atoms with van der Waals surface area (Å²) < 4.78 is 8.44. The second kappa shape index (κ2) is 7.60. The molecule has 1 saturated heterocycles. The molecule has 2 aromatic heterocycles. The van der Waals surface area contributed by atoms with Gasteiger partial charge in [0.25, 0.3) is 5.91 Å². The summed E-state index contributed by atoms with van der Waals surface area (Å²) in [6, 6.07) is 4.17. The Morgan fingerprint density at radius 1 is 1.32 bits per heavy atom. The van der Waals surface area contributed by atoms with Crippen molar-refractivity contribution < 1.29 is 14.3 Å². The van der Waals surface area contributed by atoms with Crippen molar-refractivity contribution in [1.29, 1.82) is 0 Å². The fourth-order valence-electron chi connectivity index (χ4n) is 3.58. The van der Waals surface area contributed by atoms with Gasteiger partial charge in [-0.3, -0.25) is 9.59 Å². The van der Waals surface area contributed by atoms with Gasteiger partial charge in [0.1, 0.15) is 5.69 Å². The topological polar surface area (TPSA) is 51.5 Å². The molecule has 2 aromatic rings. The number of hydrogen-bond acceptors (Lipinski definition) is 4. The van der Waals surface area contributed by atoms with E-state index in [9.17, 15) is 9.59 Å². The molecular formula is C19H26N2O3S. The Labute approximate surface area is 152 Å². The maximum absolute atomic E-state index is 13.1. The van der Waals surface area contributed by atoms with Crippen LogP contribution in [0.5, 0.6) is 0 Å². The molecule has 1 aliphatic rings. The van der Waals surface area contributed by atoms with E-state index in [-0.39, 0.29) is 17.8 Å². The summed E-state index contributed by atoms with van der Waals surface area (Å²) in [6.07, 6.45) is 2.62. The number of hydrogen-bond donors (Lipinski definition) is 0. The number of thiophene rings is 1. The van der Waals surface area contributed by atoms with E-state index in [0.717, 1.165) is 41.7 Å². The molecule has 1 amide bonds. The summed E-state index contributed by atoms with van der Waals surface area (Å²) in [6.45, 7) is 8.42. The van der Waals surface area contributed by atoms with Crippen molar-refractivity contribution in [2.24, 2.45) is 5.92 Å². The Kier molecular flexibility index (Phi) is 5.47. The van der Waals surface area contributed by atoms with Crippen LogP contribution in [0.4, 0.5) is 0 Å². The normalized spacial score (nSPS) is 17.9. The summed E-state index contributed by atoms with van der Waals surface area (Å²) in [4.78, 5) is 28.3. The van der Waals surface area contributed by atoms with E-state index in [1.165, 1.54) is 4.88 Å². The monoisotopic (exact) mass is 362 g/mol. The zero-order valence-corrected chi connectivity index (χ0v) is 16.0. The fraction of sp³-hybridized carbons (Fsp3) is 0.579. The smallest absolute Gasteiger partial charge is 0.310 e. The van der Waals surface area contributed by atoms with Gasteiger partial charge in [0.05, 0.1) is 22.7 Å². The first-order valence-electron chi connectivity index (χ1n) is 9.10. The van der Waals surface area contributed by atoms with Crippen molar-refractivity contribution >= 4 is 33.4 Å². The average Bonchev–Trinajstić information content (AvgIpc) is 3.12. The van der Waals surface area contributed by atoms with Crippen molar-refractivity contribution in [3.05, 3.63) is 22.7 Å². The Hall–Kier alpha value is -1.82. The van der Waals surface area contributed by atoms with E-state index in [0.29, 0.717) is 19.7 Å². The lowest BCUT2D eigenvalue weighted by Gasteiger charge is -2.31. The van der Waals surface area contributed by atoms with Crippen LogP contribution < -0.4 is 0 Å². The van der Waals surface area contributed by atoms with Gasteiger partial charge in [0, 0.05) is 24.5 Å². The zero-order chi connectivity index (χ0) is 18.0. The number of rotatable bonds is 5. The number of carbonyl (C=O) groups is 2. The molecule has 0 radical (unpaired) electrons. The second-order valence-electron chi connectivity index (χ2n) is 6.63. The number of likely N-dealkylation sites (tertiary alicyclic amines) is 1. The van der Waals surface area contributed by atoms with Crippen LogP contribution in [-0.4, -0.2) is 41.0 Å². The molecule has 3 rings (SSSR count). The minimum atomic E-state index is -0.199. The van der Waals surface area contributed by atoms with E-state index in [1.807, 2.05) is 17.9 Å². The molecule has 0 N–H and O–H groups in total. The molecule has 1 fully saturated rings. The molecule has 1 atom stereocenters. The van der Waals surface area contributed by atoms with Crippen LogP contribution in [0.2, 0.25) is 0 Å². The molecule has 136 valence electrons. The molecular weight excluding hydrogens is 336 g/mol. The lowest BCUT2D eigenvalue weighted by Crippen LogP contribution is -2.43. The van der Waals surface area contributed by atoms with Crippen LogP contribution in [0.15, 0.2) is 12.1 Å². The highest BCUT2D eigenvalue weighted by atomic mass is 32.1. The number of piperidine rings is 1. The van der Waals surface area contributed by atoms with E-state index < -0.39 is 0 Å². The molecule has 0 spiro atoms. The van der Waals surface area contributed by atoms with Crippen molar-refractivity contribution in [1.82, 2.24) is 9.47 Å². The number of esters is 1. The van der Waals surface area contributed by atoms with Gasteiger partial charge in [0.15, 0.2) is 0 Å². The van der Waals surface area contributed by atoms with Crippen LogP contribution in [0.1, 0.15) is 48.5 Å². The highest BCUT2D eigenvalue weighted by molar-refractivity contribution is 7.19. The summed E-state index contributed by atoms with van der Waals surface area (Å²) in [5, 5.41) is 0. The summed E-state index contributed by atoms with van der Waals surface area (Å²) in [5.74, 6) is -0.348. The highest BCUT2D eigenvalue weighted by Crippen LogP contribution is 2.30. The number of amides is 1. The fourth-order valence-corrected chi connectivity index (χ4v) is 4.54. The lowest BCUT2D eigenvalue weighted by molar-refractivity contribution is -0.149. The molecule has 1 aliphatic heterocycles. The predicted octanol–water partition coefficient (Wildman–Crippen LogP) is 3.84. The molecule has 5 nitrogen and oxygen atoms in total. The third-order valence-corrected chi connectivity index (χ3v) is 5.69. The number of nitrogens with zero attached hydrogens (tertiary/aromatic N) is 2. The maximum Gasteiger partial charge on any atom is 0.310 e. The maximum atomic E-state index is 13.1. The molecule has 0 aromatic carbocycles. The molecule has 0 aliphatic carbocycles. The number of carbonyl (C=O) groups excluding carboxylic acids is 2. The summed E-state index contributed by atoms with van der Waals surface area (Å²) in [7, 11) is 0. The number of aryl methyl sites for hydroxylation is 2. The standard InChI is InChI=1S/C19H26N2O3S/c1-4-8-21-15-10-13(3)25-17(15)11-16(21)18(22)20-9-6-7-14(12-20)19(23)24-5-2/h10-11,14H,4-9,12H2,1-3H3. The van der Waals surface area contributed by atoms with E-state index in [1.54, 1.807) is 11.3 Å². The highest BCUT2D eigenvalue weighted by Gasteiger charge is 2.31. The van der Waals surface area contributed by atoms with Crippen molar-refractivity contribution in [3.8, 4) is 0 Å². The Morgan fingerprint density at radius 2 is 2.12 bits per heavy atom.